The average molecular weight is 315 g/mol. The molecule has 0 bridgehead atoms. The smallest absolute Gasteiger partial charge is 0.239 e. The van der Waals surface area contributed by atoms with Gasteiger partial charge in [-0.3, -0.25) is 15.6 Å². The second-order valence-electron chi connectivity index (χ2n) is 4.59. The third-order valence-electron chi connectivity index (χ3n) is 2.62. The number of hydrogen-bond donors (Lipinski definition) is 3. The fourth-order valence-electron chi connectivity index (χ4n) is 1.41. The molecule has 20 heavy (non-hydrogen) atoms. The molecule has 0 saturated carbocycles. The number of nitrogens with one attached hydrogen (secondary N) is 3. The zero-order valence-corrected chi connectivity index (χ0v) is 13.4. The van der Waals surface area contributed by atoms with Gasteiger partial charge in [-0.1, -0.05) is 17.7 Å². The predicted molar refractivity (Wildman–Crippen MR) is 86.9 cm³/mol. The number of carbonyl (C=O) groups excluding carboxylic acids is 1. The van der Waals surface area contributed by atoms with Crippen LogP contribution in [-0.2, 0) is 4.79 Å². The first-order chi connectivity index (χ1) is 9.40. The highest BCUT2D eigenvalue weighted by Crippen LogP contribution is 2.22. The highest BCUT2D eigenvalue weighted by atomic mass is 35.5. The first kappa shape index (κ1) is 16.7. The summed E-state index contributed by atoms with van der Waals surface area (Å²) < 4.78 is 0. The quantitative estimate of drug-likeness (QED) is 0.585. The maximum atomic E-state index is 11.5. The molecule has 0 spiro atoms. The van der Waals surface area contributed by atoms with Crippen molar-refractivity contribution in [3.05, 3.63) is 28.8 Å². The Balaban J connectivity index is 2.40. The largest absolute Gasteiger partial charge is 0.331 e. The molecule has 0 fully saturated rings. The van der Waals surface area contributed by atoms with Gasteiger partial charge in [-0.25, -0.2) is 0 Å². The fraction of sp³-hybridized carbons (Fsp3) is 0.385. The van der Waals surface area contributed by atoms with E-state index in [1.807, 2.05) is 44.1 Å². The summed E-state index contributed by atoms with van der Waals surface area (Å²) in [6.45, 7) is 2.57. The van der Waals surface area contributed by atoms with Gasteiger partial charge in [-0.05, 0) is 50.9 Å². The van der Waals surface area contributed by atoms with Crippen molar-refractivity contribution >= 4 is 40.5 Å². The molecular weight excluding hydrogens is 296 g/mol. The van der Waals surface area contributed by atoms with Crippen LogP contribution >= 0.6 is 23.8 Å². The minimum absolute atomic E-state index is 0.120. The molecule has 110 valence electrons. The number of amides is 1. The van der Waals surface area contributed by atoms with Gasteiger partial charge in [0.2, 0.25) is 5.91 Å². The highest BCUT2D eigenvalue weighted by Gasteiger charge is 2.05. The Morgan fingerprint density at radius 1 is 1.35 bits per heavy atom. The van der Waals surface area contributed by atoms with Crippen LogP contribution in [0.25, 0.3) is 0 Å². The van der Waals surface area contributed by atoms with Gasteiger partial charge < -0.3 is 10.2 Å². The van der Waals surface area contributed by atoms with Crippen molar-refractivity contribution in [3.8, 4) is 0 Å². The summed E-state index contributed by atoms with van der Waals surface area (Å²) in [5.74, 6) is -0.120. The van der Waals surface area contributed by atoms with Crippen LogP contribution in [0.4, 0.5) is 5.69 Å². The lowest BCUT2D eigenvalue weighted by Gasteiger charge is -2.14. The van der Waals surface area contributed by atoms with Crippen molar-refractivity contribution in [1.29, 1.82) is 0 Å². The minimum atomic E-state index is -0.120. The van der Waals surface area contributed by atoms with E-state index in [-0.39, 0.29) is 5.91 Å². The molecule has 1 rings (SSSR count). The van der Waals surface area contributed by atoms with Crippen LogP contribution in [0.2, 0.25) is 5.02 Å². The number of thiocarbonyl (C=S) groups is 1. The first-order valence-electron chi connectivity index (χ1n) is 6.16. The monoisotopic (exact) mass is 314 g/mol. The van der Waals surface area contributed by atoms with Gasteiger partial charge in [0.15, 0.2) is 5.11 Å². The number of hydrogen-bond acceptors (Lipinski definition) is 3. The van der Waals surface area contributed by atoms with E-state index in [1.165, 1.54) is 0 Å². The van der Waals surface area contributed by atoms with Crippen molar-refractivity contribution in [2.24, 2.45) is 0 Å². The predicted octanol–water partition coefficient (Wildman–Crippen LogP) is 1.92. The number of anilines is 1. The van der Waals surface area contributed by atoms with Crippen LogP contribution < -0.4 is 16.2 Å². The van der Waals surface area contributed by atoms with E-state index in [9.17, 15) is 4.79 Å². The normalized spacial score (nSPS) is 10.2. The zero-order valence-electron chi connectivity index (χ0n) is 11.8. The number of halogens is 1. The number of benzene rings is 1. The van der Waals surface area contributed by atoms with Gasteiger partial charge in [0, 0.05) is 23.7 Å². The lowest BCUT2D eigenvalue weighted by molar-refractivity contribution is -0.121. The summed E-state index contributed by atoms with van der Waals surface area (Å²) in [6.07, 6.45) is 0.402. The molecule has 1 aromatic rings. The Morgan fingerprint density at radius 3 is 2.70 bits per heavy atom. The van der Waals surface area contributed by atoms with Crippen molar-refractivity contribution in [2.75, 3.05) is 26.0 Å². The van der Waals surface area contributed by atoms with Crippen molar-refractivity contribution in [3.63, 3.8) is 0 Å². The Bertz CT molecular complexity index is 493. The summed E-state index contributed by atoms with van der Waals surface area (Å²) in [6, 6.07) is 5.50. The van der Waals surface area contributed by atoms with Crippen molar-refractivity contribution in [2.45, 2.75) is 13.3 Å². The van der Waals surface area contributed by atoms with Crippen LogP contribution in [0.5, 0.6) is 0 Å². The molecule has 0 aliphatic carbocycles. The highest BCUT2D eigenvalue weighted by molar-refractivity contribution is 7.80. The summed E-state index contributed by atoms with van der Waals surface area (Å²) in [5, 5.41) is 3.96. The Kier molecular flexibility index (Phi) is 6.70. The summed E-state index contributed by atoms with van der Waals surface area (Å²) in [7, 11) is 3.82. The van der Waals surface area contributed by atoms with Crippen LogP contribution in [-0.4, -0.2) is 36.6 Å². The third kappa shape index (κ3) is 5.73. The molecule has 7 heteroatoms. The summed E-state index contributed by atoms with van der Waals surface area (Å²) in [5.41, 5.74) is 6.90. The molecule has 0 radical (unpaired) electrons. The molecule has 0 heterocycles. The molecule has 1 amide bonds. The minimum Gasteiger partial charge on any atom is -0.331 e. The van der Waals surface area contributed by atoms with Crippen LogP contribution in [0.15, 0.2) is 18.2 Å². The molecule has 0 unspecified atom stereocenters. The van der Waals surface area contributed by atoms with Gasteiger partial charge in [-0.15, -0.1) is 0 Å². The van der Waals surface area contributed by atoms with Gasteiger partial charge in [0.05, 0.1) is 0 Å². The second-order valence-corrected chi connectivity index (χ2v) is 5.41. The number of hydrazine groups is 1. The van der Waals surface area contributed by atoms with E-state index in [1.54, 1.807) is 0 Å². The van der Waals surface area contributed by atoms with E-state index in [2.05, 4.69) is 16.2 Å². The number of nitrogens with zero attached hydrogens (tertiary/aromatic N) is 1. The van der Waals surface area contributed by atoms with E-state index in [0.717, 1.165) is 11.3 Å². The maximum absolute atomic E-state index is 11.5. The topological polar surface area (TPSA) is 56.4 Å². The molecule has 0 saturated heterocycles. The molecule has 0 aliphatic rings. The lowest BCUT2D eigenvalue weighted by Crippen LogP contribution is -2.44. The molecule has 3 N–H and O–H groups in total. The maximum Gasteiger partial charge on any atom is 0.239 e. The summed E-state index contributed by atoms with van der Waals surface area (Å²) in [4.78, 5) is 13.5. The number of carbonyl (C=O) groups is 1. The van der Waals surface area contributed by atoms with Gasteiger partial charge in [0.1, 0.15) is 0 Å². The fourth-order valence-corrected chi connectivity index (χ4v) is 1.75. The number of rotatable bonds is 4. The van der Waals surface area contributed by atoms with E-state index in [4.69, 9.17) is 23.8 Å². The lowest BCUT2D eigenvalue weighted by atomic mass is 10.2. The molecule has 0 atom stereocenters. The van der Waals surface area contributed by atoms with E-state index < -0.39 is 0 Å². The van der Waals surface area contributed by atoms with Crippen LogP contribution in [0.1, 0.15) is 12.0 Å². The van der Waals surface area contributed by atoms with Gasteiger partial charge >= 0.3 is 0 Å². The Morgan fingerprint density at radius 2 is 2.05 bits per heavy atom. The van der Waals surface area contributed by atoms with E-state index in [0.29, 0.717) is 23.1 Å². The van der Waals surface area contributed by atoms with Crippen molar-refractivity contribution < 1.29 is 4.79 Å². The summed E-state index contributed by atoms with van der Waals surface area (Å²) >= 11 is 11.1. The molecular formula is C13H19ClN4OS. The second kappa shape index (κ2) is 8.04. The van der Waals surface area contributed by atoms with Gasteiger partial charge in [-0.2, -0.15) is 0 Å². The Labute approximate surface area is 129 Å². The SMILES string of the molecule is Cc1c(Cl)cccc1NC(=S)NNC(=O)CCN(C)C. The van der Waals surface area contributed by atoms with Gasteiger partial charge in [0.25, 0.3) is 0 Å². The standard InChI is InChI=1S/C13H19ClN4OS/c1-9-10(14)5-4-6-11(9)15-13(20)17-16-12(19)7-8-18(2)3/h4-6H,7-8H2,1-3H3,(H,16,19)(H2,15,17,20). The van der Waals surface area contributed by atoms with Crippen LogP contribution in [0.3, 0.4) is 0 Å². The third-order valence-corrected chi connectivity index (χ3v) is 3.23. The van der Waals surface area contributed by atoms with Crippen molar-refractivity contribution in [1.82, 2.24) is 15.8 Å². The zero-order chi connectivity index (χ0) is 15.1. The Hall–Kier alpha value is -1.37. The van der Waals surface area contributed by atoms with E-state index >= 15 is 0 Å². The molecule has 0 aliphatic heterocycles. The molecule has 5 nitrogen and oxygen atoms in total. The molecule has 1 aromatic carbocycles. The average Bonchev–Trinajstić information content (AvgIpc) is 2.39. The first-order valence-corrected chi connectivity index (χ1v) is 6.94. The molecule has 0 aromatic heterocycles. The van der Waals surface area contributed by atoms with Crippen LogP contribution in [0, 0.1) is 6.92 Å².